The van der Waals surface area contributed by atoms with Crippen LogP contribution in [0, 0.1) is 15.5 Å². The van der Waals surface area contributed by atoms with E-state index in [9.17, 15) is 14.9 Å². The summed E-state index contributed by atoms with van der Waals surface area (Å²) < 4.78 is 0. The van der Waals surface area contributed by atoms with Gasteiger partial charge in [-0.3, -0.25) is 14.9 Å². The van der Waals surface area contributed by atoms with Crippen molar-refractivity contribution in [2.45, 2.75) is 52.5 Å². The number of benzene rings is 1. The van der Waals surface area contributed by atoms with Crippen LogP contribution in [0.2, 0.25) is 0 Å². The number of amides is 1. The van der Waals surface area contributed by atoms with Crippen LogP contribution < -0.4 is 5.73 Å². The minimum Gasteiger partial charge on any atom is -0.338 e. The van der Waals surface area contributed by atoms with Crippen molar-refractivity contribution < 1.29 is 9.72 Å². The number of piperidine rings is 1. The lowest BCUT2D eigenvalue weighted by Crippen LogP contribution is -2.54. The molecular formula is C18H28ClN3O3. The Labute approximate surface area is 155 Å². The van der Waals surface area contributed by atoms with Gasteiger partial charge in [-0.05, 0) is 23.3 Å². The zero-order valence-electron chi connectivity index (χ0n) is 15.5. The van der Waals surface area contributed by atoms with Crippen LogP contribution in [0.25, 0.3) is 0 Å². The first-order valence-electron chi connectivity index (χ1n) is 8.27. The molecular weight excluding hydrogens is 342 g/mol. The number of nitrogens with two attached hydrogens (primary N) is 1. The molecule has 25 heavy (non-hydrogen) atoms. The molecule has 1 unspecified atom stereocenters. The van der Waals surface area contributed by atoms with E-state index in [2.05, 4.69) is 0 Å². The van der Waals surface area contributed by atoms with Crippen LogP contribution in [0.1, 0.15) is 57.0 Å². The molecule has 0 aliphatic carbocycles. The van der Waals surface area contributed by atoms with Crippen molar-refractivity contribution in [2.24, 2.45) is 11.1 Å². The van der Waals surface area contributed by atoms with Gasteiger partial charge in [-0.25, -0.2) is 0 Å². The summed E-state index contributed by atoms with van der Waals surface area (Å²) in [7, 11) is 0. The molecule has 1 saturated heterocycles. The Balaban J connectivity index is 0.00000312. The van der Waals surface area contributed by atoms with E-state index >= 15 is 0 Å². The van der Waals surface area contributed by atoms with Crippen LogP contribution in [0.3, 0.4) is 0 Å². The van der Waals surface area contributed by atoms with Crippen molar-refractivity contribution in [3.05, 3.63) is 39.4 Å². The fraction of sp³-hybridized carbons (Fsp3) is 0.611. The summed E-state index contributed by atoms with van der Waals surface area (Å²) in [6, 6.07) is 4.85. The third-order valence-corrected chi connectivity index (χ3v) is 4.85. The van der Waals surface area contributed by atoms with Crippen molar-refractivity contribution >= 4 is 24.0 Å². The van der Waals surface area contributed by atoms with E-state index < -0.39 is 4.92 Å². The zero-order valence-corrected chi connectivity index (χ0v) is 16.4. The lowest BCUT2D eigenvalue weighted by molar-refractivity contribution is -0.386. The van der Waals surface area contributed by atoms with Crippen molar-refractivity contribution in [2.75, 3.05) is 13.1 Å². The van der Waals surface area contributed by atoms with Crippen LogP contribution in [-0.4, -0.2) is 34.9 Å². The highest BCUT2D eigenvalue weighted by molar-refractivity contribution is 5.95. The predicted octanol–water partition coefficient (Wildman–Crippen LogP) is 3.51. The van der Waals surface area contributed by atoms with Gasteiger partial charge < -0.3 is 10.6 Å². The fourth-order valence-corrected chi connectivity index (χ4v) is 3.18. The second-order valence-corrected chi connectivity index (χ2v) is 8.35. The van der Waals surface area contributed by atoms with Crippen molar-refractivity contribution in [3.63, 3.8) is 0 Å². The molecule has 1 amide bonds. The maximum Gasteiger partial charge on any atom is 0.273 e. The molecule has 1 atom stereocenters. The van der Waals surface area contributed by atoms with Crippen molar-refractivity contribution in [1.82, 2.24) is 4.90 Å². The molecule has 1 heterocycles. The molecule has 7 heteroatoms. The molecule has 140 valence electrons. The Morgan fingerprint density at radius 1 is 1.36 bits per heavy atom. The van der Waals surface area contributed by atoms with Gasteiger partial charge in [0.2, 0.25) is 0 Å². The van der Waals surface area contributed by atoms with E-state index in [0.29, 0.717) is 24.2 Å². The molecule has 0 bridgehead atoms. The number of nitro benzene ring substituents is 1. The molecule has 0 saturated carbocycles. The summed E-state index contributed by atoms with van der Waals surface area (Å²) >= 11 is 0. The first-order valence-corrected chi connectivity index (χ1v) is 8.27. The fourth-order valence-electron chi connectivity index (χ4n) is 3.18. The minimum atomic E-state index is -0.409. The topological polar surface area (TPSA) is 89.5 Å². The van der Waals surface area contributed by atoms with Gasteiger partial charge in [-0.2, -0.15) is 0 Å². The first-order chi connectivity index (χ1) is 10.9. The van der Waals surface area contributed by atoms with Crippen LogP contribution in [-0.2, 0) is 5.41 Å². The highest BCUT2D eigenvalue weighted by Crippen LogP contribution is 2.33. The minimum absolute atomic E-state index is 0. The predicted molar refractivity (Wildman–Crippen MR) is 101 cm³/mol. The summed E-state index contributed by atoms with van der Waals surface area (Å²) in [5.74, 6) is -0.168. The van der Waals surface area contributed by atoms with Crippen LogP contribution in [0.5, 0.6) is 0 Å². The molecule has 1 fully saturated rings. The first kappa shape index (κ1) is 21.4. The monoisotopic (exact) mass is 369 g/mol. The van der Waals surface area contributed by atoms with Crippen LogP contribution in [0.4, 0.5) is 5.69 Å². The van der Waals surface area contributed by atoms with Crippen LogP contribution in [0.15, 0.2) is 18.2 Å². The summed E-state index contributed by atoms with van der Waals surface area (Å²) in [6.45, 7) is 11.0. The number of halogens is 1. The standard InChI is InChI=1S/C18H27N3O3.ClH/c1-17(2,3)13-7-6-12(10-14(13)21(23)24)16(22)20-9-8-15(19)18(4,5)11-20;/h6-7,10,15H,8-9,11,19H2,1-5H3;1H. The summed E-state index contributed by atoms with van der Waals surface area (Å²) in [4.78, 5) is 25.6. The van der Waals surface area contributed by atoms with Crippen LogP contribution >= 0.6 is 12.4 Å². The van der Waals surface area contributed by atoms with Gasteiger partial charge in [0.15, 0.2) is 0 Å². The Morgan fingerprint density at radius 3 is 2.44 bits per heavy atom. The number of hydrogen-bond donors (Lipinski definition) is 1. The Morgan fingerprint density at radius 2 is 1.96 bits per heavy atom. The molecule has 2 N–H and O–H groups in total. The van der Waals surface area contributed by atoms with Gasteiger partial charge >= 0.3 is 0 Å². The van der Waals surface area contributed by atoms with Crippen molar-refractivity contribution in [1.29, 1.82) is 0 Å². The van der Waals surface area contributed by atoms with E-state index in [-0.39, 0.29) is 40.9 Å². The van der Waals surface area contributed by atoms with E-state index in [4.69, 9.17) is 5.73 Å². The zero-order chi connectivity index (χ0) is 18.3. The third-order valence-electron chi connectivity index (χ3n) is 4.85. The Kier molecular flexibility index (Phi) is 6.24. The lowest BCUT2D eigenvalue weighted by atomic mass is 9.79. The van der Waals surface area contributed by atoms with Crippen molar-refractivity contribution in [3.8, 4) is 0 Å². The van der Waals surface area contributed by atoms with E-state index in [1.807, 2.05) is 34.6 Å². The number of hydrogen-bond acceptors (Lipinski definition) is 4. The van der Waals surface area contributed by atoms with Gasteiger partial charge in [-0.15, -0.1) is 12.4 Å². The number of nitro groups is 1. The highest BCUT2D eigenvalue weighted by Gasteiger charge is 2.36. The molecule has 0 aromatic heterocycles. The lowest BCUT2D eigenvalue weighted by Gasteiger charge is -2.42. The second kappa shape index (κ2) is 7.30. The molecule has 0 spiro atoms. The molecule has 1 aliphatic heterocycles. The van der Waals surface area contributed by atoms with E-state index in [1.54, 1.807) is 17.0 Å². The maximum absolute atomic E-state index is 12.8. The number of carbonyl (C=O) groups excluding carboxylic acids is 1. The quantitative estimate of drug-likeness (QED) is 0.638. The molecule has 0 radical (unpaired) electrons. The average Bonchev–Trinajstić information content (AvgIpc) is 2.47. The van der Waals surface area contributed by atoms with E-state index in [1.165, 1.54) is 6.07 Å². The Hall–Kier alpha value is -1.66. The Bertz CT molecular complexity index is 668. The molecule has 1 aromatic carbocycles. The summed E-state index contributed by atoms with van der Waals surface area (Å²) in [5, 5.41) is 11.4. The number of likely N-dealkylation sites (tertiary alicyclic amines) is 1. The smallest absolute Gasteiger partial charge is 0.273 e. The van der Waals surface area contributed by atoms with Gasteiger partial charge in [0, 0.05) is 36.3 Å². The van der Waals surface area contributed by atoms with Gasteiger partial charge in [0.1, 0.15) is 0 Å². The highest BCUT2D eigenvalue weighted by atomic mass is 35.5. The maximum atomic E-state index is 12.8. The molecule has 1 aliphatic rings. The SMILES string of the molecule is CC(C)(C)c1ccc(C(=O)N2CCC(N)C(C)(C)C2)cc1[N+](=O)[O-].Cl. The van der Waals surface area contributed by atoms with Gasteiger partial charge in [0.05, 0.1) is 4.92 Å². The van der Waals surface area contributed by atoms with Gasteiger partial charge in [0.25, 0.3) is 11.6 Å². The number of rotatable bonds is 2. The molecule has 1 aromatic rings. The number of nitrogens with zero attached hydrogens (tertiary/aromatic N) is 2. The molecule has 6 nitrogen and oxygen atoms in total. The normalized spacial score (nSPS) is 19.9. The van der Waals surface area contributed by atoms with Gasteiger partial charge in [-0.1, -0.05) is 40.7 Å². The third kappa shape index (κ3) is 4.50. The summed E-state index contributed by atoms with van der Waals surface area (Å²) in [5.41, 5.74) is 6.59. The average molecular weight is 370 g/mol. The second-order valence-electron chi connectivity index (χ2n) is 8.35. The molecule has 2 rings (SSSR count). The summed E-state index contributed by atoms with van der Waals surface area (Å²) in [6.07, 6.45) is 0.737. The van der Waals surface area contributed by atoms with E-state index in [0.717, 1.165) is 6.42 Å². The largest absolute Gasteiger partial charge is 0.338 e. The number of carbonyl (C=O) groups is 1.